The molecular weight excluding hydrogens is 392 g/mol. The Bertz CT molecular complexity index is 991. The number of thiophene rings is 1. The van der Waals surface area contributed by atoms with Gasteiger partial charge in [0.2, 0.25) is 0 Å². The molecule has 5 nitrogen and oxygen atoms in total. The van der Waals surface area contributed by atoms with Gasteiger partial charge in [0, 0.05) is 21.4 Å². The monoisotopic (exact) mass is 414 g/mol. The van der Waals surface area contributed by atoms with E-state index in [-0.39, 0.29) is 5.91 Å². The fraction of sp³-hybridized carbons (Fsp3) is 0.238. The number of hydrogen-bond acceptors (Lipinski definition) is 6. The molecule has 146 valence electrons. The molecule has 1 N–H and O–H groups in total. The van der Waals surface area contributed by atoms with Crippen molar-refractivity contribution in [2.75, 3.05) is 14.2 Å². The van der Waals surface area contributed by atoms with Crippen LogP contribution in [-0.4, -0.2) is 25.1 Å². The molecule has 1 amide bonds. The molecule has 7 heteroatoms. The Morgan fingerprint density at radius 3 is 2.75 bits per heavy atom. The SMILES string of the molecule is C=CCc1cc(C(=O)NCc2ccc(-c3csc(C)n3)s2)cc(OC)c1OC. The molecule has 0 aliphatic heterocycles. The van der Waals surface area contributed by atoms with Crippen LogP contribution in [0.1, 0.15) is 25.8 Å². The smallest absolute Gasteiger partial charge is 0.251 e. The molecule has 0 fully saturated rings. The van der Waals surface area contributed by atoms with E-state index < -0.39 is 0 Å². The van der Waals surface area contributed by atoms with Crippen molar-refractivity contribution in [1.82, 2.24) is 10.3 Å². The van der Waals surface area contributed by atoms with Crippen LogP contribution in [0.15, 0.2) is 42.3 Å². The zero-order chi connectivity index (χ0) is 20.1. The van der Waals surface area contributed by atoms with E-state index in [9.17, 15) is 4.79 Å². The molecule has 0 atom stereocenters. The summed E-state index contributed by atoms with van der Waals surface area (Å²) in [7, 11) is 3.15. The van der Waals surface area contributed by atoms with E-state index in [1.807, 2.05) is 30.5 Å². The van der Waals surface area contributed by atoms with Crippen LogP contribution in [0, 0.1) is 6.92 Å². The number of hydrogen-bond donors (Lipinski definition) is 1. The zero-order valence-electron chi connectivity index (χ0n) is 16.1. The number of carbonyl (C=O) groups excluding carboxylic acids is 1. The van der Waals surface area contributed by atoms with E-state index in [0.717, 1.165) is 26.0 Å². The lowest BCUT2D eigenvalue weighted by Gasteiger charge is -2.14. The van der Waals surface area contributed by atoms with Crippen LogP contribution in [0.3, 0.4) is 0 Å². The number of nitrogens with one attached hydrogen (secondary N) is 1. The maximum atomic E-state index is 12.7. The molecule has 2 aromatic heterocycles. The number of amides is 1. The third kappa shape index (κ3) is 4.43. The molecule has 2 heterocycles. The number of rotatable bonds is 8. The predicted octanol–water partition coefficient (Wildman–Crippen LogP) is 4.86. The standard InChI is InChI=1S/C21H22N2O3S2/c1-5-6-14-9-15(10-18(25-3)20(14)26-4)21(24)22-11-16-7-8-19(28-16)17-12-27-13(2)23-17/h5,7-10,12H,1,6,11H2,2-4H3,(H,22,24). The van der Waals surface area contributed by atoms with Gasteiger partial charge in [-0.3, -0.25) is 4.79 Å². The Hall–Kier alpha value is -2.64. The van der Waals surface area contributed by atoms with Gasteiger partial charge in [0.1, 0.15) is 0 Å². The topological polar surface area (TPSA) is 60.5 Å². The number of ether oxygens (including phenoxy) is 2. The minimum Gasteiger partial charge on any atom is -0.493 e. The summed E-state index contributed by atoms with van der Waals surface area (Å²) < 4.78 is 10.8. The Labute approximate surface area is 172 Å². The molecule has 3 aromatic rings. The number of allylic oxidation sites excluding steroid dienone is 1. The maximum Gasteiger partial charge on any atom is 0.251 e. The Balaban J connectivity index is 1.73. The molecule has 0 aliphatic rings. The number of nitrogens with zero attached hydrogens (tertiary/aromatic N) is 1. The minimum atomic E-state index is -0.161. The Morgan fingerprint density at radius 2 is 2.11 bits per heavy atom. The van der Waals surface area contributed by atoms with Crippen LogP contribution >= 0.6 is 22.7 Å². The van der Waals surface area contributed by atoms with Crippen molar-refractivity contribution in [2.45, 2.75) is 19.9 Å². The second-order valence-corrected chi connectivity index (χ2v) is 8.29. The van der Waals surface area contributed by atoms with E-state index >= 15 is 0 Å². The van der Waals surface area contributed by atoms with E-state index in [2.05, 4.69) is 16.9 Å². The van der Waals surface area contributed by atoms with Gasteiger partial charge in [-0.05, 0) is 37.6 Å². The van der Waals surface area contributed by atoms with E-state index in [1.54, 1.807) is 49.0 Å². The van der Waals surface area contributed by atoms with E-state index in [1.165, 1.54) is 0 Å². The summed E-state index contributed by atoms with van der Waals surface area (Å²) in [6.45, 7) is 6.22. The molecule has 0 bridgehead atoms. The maximum absolute atomic E-state index is 12.7. The fourth-order valence-corrected chi connectivity index (χ4v) is 4.43. The van der Waals surface area contributed by atoms with E-state index in [0.29, 0.717) is 30.0 Å². The number of carbonyl (C=O) groups is 1. The molecule has 0 unspecified atom stereocenters. The quantitative estimate of drug-likeness (QED) is 0.535. The molecule has 0 saturated carbocycles. The van der Waals surface area contributed by atoms with Crippen molar-refractivity contribution in [3.05, 3.63) is 63.3 Å². The first kappa shape index (κ1) is 20.1. The number of aryl methyl sites for hydroxylation is 1. The number of benzene rings is 1. The third-order valence-electron chi connectivity index (χ3n) is 4.14. The molecule has 0 spiro atoms. The van der Waals surface area contributed by atoms with Gasteiger partial charge in [-0.2, -0.15) is 0 Å². The molecule has 3 rings (SSSR count). The normalized spacial score (nSPS) is 10.5. The van der Waals surface area contributed by atoms with Crippen molar-refractivity contribution in [3.8, 4) is 22.1 Å². The van der Waals surface area contributed by atoms with Crippen molar-refractivity contribution in [3.63, 3.8) is 0 Å². The van der Waals surface area contributed by atoms with Gasteiger partial charge in [-0.1, -0.05) is 6.08 Å². The summed E-state index contributed by atoms with van der Waals surface area (Å²) in [6, 6.07) is 7.57. The summed E-state index contributed by atoms with van der Waals surface area (Å²) in [4.78, 5) is 19.4. The molecule has 0 radical (unpaired) electrons. The summed E-state index contributed by atoms with van der Waals surface area (Å²) in [5, 5.41) is 6.07. The Morgan fingerprint density at radius 1 is 1.29 bits per heavy atom. The van der Waals surface area contributed by atoms with Gasteiger partial charge in [-0.15, -0.1) is 29.3 Å². The largest absolute Gasteiger partial charge is 0.493 e. The second-order valence-electron chi connectivity index (χ2n) is 6.06. The third-order valence-corrected chi connectivity index (χ3v) is 6.02. The summed E-state index contributed by atoms with van der Waals surface area (Å²) in [5.74, 6) is 0.996. The summed E-state index contributed by atoms with van der Waals surface area (Å²) >= 11 is 3.27. The molecule has 28 heavy (non-hydrogen) atoms. The van der Waals surface area contributed by atoms with Gasteiger partial charge in [0.25, 0.3) is 5.91 Å². The highest BCUT2D eigenvalue weighted by atomic mass is 32.1. The first-order valence-corrected chi connectivity index (χ1v) is 10.4. The molecule has 0 aliphatic carbocycles. The lowest BCUT2D eigenvalue weighted by Crippen LogP contribution is -2.22. The van der Waals surface area contributed by atoms with E-state index in [4.69, 9.17) is 9.47 Å². The molecule has 0 saturated heterocycles. The predicted molar refractivity (Wildman–Crippen MR) is 115 cm³/mol. The highest BCUT2D eigenvalue weighted by Gasteiger charge is 2.16. The first-order chi connectivity index (χ1) is 13.5. The molecule has 1 aromatic carbocycles. The zero-order valence-corrected chi connectivity index (χ0v) is 17.7. The van der Waals surface area contributed by atoms with Crippen LogP contribution in [0.4, 0.5) is 0 Å². The Kier molecular flexibility index (Phi) is 6.49. The van der Waals surface area contributed by atoms with Crippen molar-refractivity contribution in [1.29, 1.82) is 0 Å². The summed E-state index contributed by atoms with van der Waals surface area (Å²) in [5.41, 5.74) is 2.37. The van der Waals surface area contributed by atoms with Gasteiger partial charge in [0.05, 0.1) is 36.3 Å². The van der Waals surface area contributed by atoms with Crippen LogP contribution in [0.25, 0.3) is 10.6 Å². The number of methoxy groups -OCH3 is 2. The second kappa shape index (κ2) is 9.03. The molecular formula is C21H22N2O3S2. The highest BCUT2D eigenvalue weighted by Crippen LogP contribution is 2.33. The minimum absolute atomic E-state index is 0.161. The van der Waals surface area contributed by atoms with Gasteiger partial charge < -0.3 is 14.8 Å². The number of aromatic nitrogens is 1. The average Bonchev–Trinajstić information content (AvgIpc) is 3.34. The van der Waals surface area contributed by atoms with Crippen LogP contribution in [-0.2, 0) is 13.0 Å². The van der Waals surface area contributed by atoms with Crippen LogP contribution in [0.5, 0.6) is 11.5 Å². The van der Waals surface area contributed by atoms with Crippen LogP contribution in [0.2, 0.25) is 0 Å². The van der Waals surface area contributed by atoms with Gasteiger partial charge in [0.15, 0.2) is 11.5 Å². The van der Waals surface area contributed by atoms with Gasteiger partial charge in [-0.25, -0.2) is 4.98 Å². The average molecular weight is 415 g/mol. The highest BCUT2D eigenvalue weighted by molar-refractivity contribution is 7.16. The van der Waals surface area contributed by atoms with Crippen molar-refractivity contribution < 1.29 is 14.3 Å². The summed E-state index contributed by atoms with van der Waals surface area (Å²) in [6.07, 6.45) is 2.36. The van der Waals surface area contributed by atoms with Crippen molar-refractivity contribution in [2.24, 2.45) is 0 Å². The lowest BCUT2D eigenvalue weighted by molar-refractivity contribution is 0.0951. The fourth-order valence-electron chi connectivity index (χ4n) is 2.84. The lowest BCUT2D eigenvalue weighted by atomic mass is 10.0. The van der Waals surface area contributed by atoms with Crippen molar-refractivity contribution >= 4 is 28.6 Å². The van der Waals surface area contributed by atoms with Crippen LogP contribution < -0.4 is 14.8 Å². The number of thiazole rings is 1. The van der Waals surface area contributed by atoms with Gasteiger partial charge >= 0.3 is 0 Å². The first-order valence-electron chi connectivity index (χ1n) is 8.71.